The Bertz CT molecular complexity index is 2110. The van der Waals surface area contributed by atoms with Crippen LogP contribution in [-0.2, 0) is 32.7 Å². The summed E-state index contributed by atoms with van der Waals surface area (Å²) >= 11 is 0. The van der Waals surface area contributed by atoms with E-state index in [1.807, 2.05) is 18.2 Å². The van der Waals surface area contributed by atoms with E-state index >= 15 is 0 Å². The zero-order chi connectivity index (χ0) is 42.0. The number of alkyl halides is 3. The number of ether oxygens (including phenoxy) is 2. The molecule has 1 fully saturated rings. The van der Waals surface area contributed by atoms with Gasteiger partial charge in [0.15, 0.2) is 11.5 Å². The maximum Gasteiger partial charge on any atom is 0.430 e. The van der Waals surface area contributed by atoms with Crippen LogP contribution in [0.2, 0.25) is 0 Å². The lowest BCUT2D eigenvalue weighted by Crippen LogP contribution is -2.62. The summed E-state index contributed by atoms with van der Waals surface area (Å²) in [7, 11) is 1.26. The number of phenolic OH excluding ortho intramolecular Hbond substituents is 1. The average Bonchev–Trinajstić information content (AvgIpc) is 3.16. The van der Waals surface area contributed by atoms with E-state index in [0.717, 1.165) is 24.1 Å². The van der Waals surface area contributed by atoms with E-state index in [1.54, 1.807) is 49.5 Å². The molecule has 306 valence electrons. The van der Waals surface area contributed by atoms with Gasteiger partial charge in [0.05, 0.1) is 40.4 Å². The number of amides is 3. The fraction of sp³-hybridized carbons (Fsp3) is 0.308. The Kier molecular flexibility index (Phi) is 14.4. The van der Waals surface area contributed by atoms with Crippen LogP contribution in [0.4, 0.5) is 23.7 Å². The molecule has 57 heavy (non-hydrogen) atoms. The molecule has 0 bridgehead atoms. The summed E-state index contributed by atoms with van der Waals surface area (Å²) in [5.41, 5.74) is 8.15. The Labute approximate surface area is 327 Å². The predicted octanol–water partition coefficient (Wildman–Crippen LogP) is 4.22. The zero-order valence-electron chi connectivity index (χ0n) is 31.3. The number of likely N-dealkylation sites (tertiary alicyclic amines) is 1. The molecule has 1 heterocycles. The number of carbonyl (C=O) groups excluding carboxylic acids is 3. The number of carboxylic acids is 1. The van der Waals surface area contributed by atoms with Crippen molar-refractivity contribution < 1.29 is 64.3 Å². The lowest BCUT2D eigenvalue weighted by Gasteiger charge is -2.46. The minimum absolute atomic E-state index is 0.0168. The van der Waals surface area contributed by atoms with Crippen LogP contribution in [-0.4, -0.2) is 93.4 Å². The lowest BCUT2D eigenvalue weighted by atomic mass is 9.96. The molecule has 0 spiro atoms. The Morgan fingerprint density at radius 1 is 0.947 bits per heavy atom. The molecule has 1 aliphatic heterocycles. The number of methoxy groups -OCH3 is 2. The van der Waals surface area contributed by atoms with E-state index < -0.39 is 40.2 Å². The van der Waals surface area contributed by atoms with Crippen LogP contribution in [0.3, 0.4) is 0 Å². The second-order valence-electron chi connectivity index (χ2n) is 13.5. The summed E-state index contributed by atoms with van der Waals surface area (Å²) in [5.74, 6) is -2.26. The molecular formula is C39H43F3N4O10S. The number of carbonyl (C=O) groups is 3. The van der Waals surface area contributed by atoms with Crippen LogP contribution >= 0.6 is 0 Å². The number of rotatable bonds is 13. The van der Waals surface area contributed by atoms with Crippen molar-refractivity contribution >= 4 is 33.7 Å². The number of primary amides is 1. The van der Waals surface area contributed by atoms with Crippen molar-refractivity contribution in [2.75, 3.05) is 39.7 Å². The summed E-state index contributed by atoms with van der Waals surface area (Å²) in [4.78, 5) is 37.7. The van der Waals surface area contributed by atoms with E-state index in [2.05, 4.69) is 12.4 Å². The molecule has 3 atom stereocenters. The van der Waals surface area contributed by atoms with Crippen LogP contribution in [0, 0.1) is 0 Å². The third-order valence-corrected chi connectivity index (χ3v) is 10.4. The van der Waals surface area contributed by atoms with Crippen molar-refractivity contribution in [1.29, 1.82) is 0 Å². The SMILES string of the molecule is COc1ccc(C[N+]2(C)CCC[C@H](N(C(=O)Nc3ccc(OS(=O)(=O)c4ccccc4)cc3)[C@@H](Cc3ccc(O)cc3)C(N)=O)C2)cc1OC.O=C([O-])C(F)(F)F. The Morgan fingerprint density at radius 3 is 2.11 bits per heavy atom. The van der Waals surface area contributed by atoms with Gasteiger partial charge in [0.1, 0.15) is 35.0 Å². The number of quaternary nitrogens is 1. The first-order valence-corrected chi connectivity index (χ1v) is 18.8. The van der Waals surface area contributed by atoms with Gasteiger partial charge in [-0.1, -0.05) is 30.3 Å². The van der Waals surface area contributed by atoms with Crippen molar-refractivity contribution in [2.24, 2.45) is 5.73 Å². The number of nitrogens with two attached hydrogens (primary N) is 1. The average molecular weight is 817 g/mol. The summed E-state index contributed by atoms with van der Waals surface area (Å²) < 4.78 is 73.7. The number of urea groups is 1. The van der Waals surface area contributed by atoms with Crippen LogP contribution in [0.1, 0.15) is 24.0 Å². The smallest absolute Gasteiger partial charge is 0.430 e. The van der Waals surface area contributed by atoms with E-state index in [0.29, 0.717) is 41.2 Å². The first kappa shape index (κ1) is 43.7. The number of hydrogen-bond donors (Lipinski definition) is 3. The van der Waals surface area contributed by atoms with E-state index in [4.69, 9.17) is 29.3 Å². The minimum atomic E-state index is -5.19. The van der Waals surface area contributed by atoms with E-state index in [-0.39, 0.29) is 28.9 Å². The maximum atomic E-state index is 14.2. The number of benzene rings is 4. The van der Waals surface area contributed by atoms with Gasteiger partial charge in [-0.2, -0.15) is 21.6 Å². The van der Waals surface area contributed by atoms with Gasteiger partial charge in [-0.05, 0) is 85.1 Å². The number of halogens is 3. The fourth-order valence-electron chi connectivity index (χ4n) is 6.49. The van der Waals surface area contributed by atoms with Crippen LogP contribution in [0.15, 0.2) is 102 Å². The molecule has 1 saturated heterocycles. The molecule has 3 amide bonds. The van der Waals surface area contributed by atoms with Gasteiger partial charge in [-0.3, -0.25) is 4.79 Å². The predicted molar refractivity (Wildman–Crippen MR) is 200 cm³/mol. The Balaban J connectivity index is 0.000000940. The molecule has 0 aromatic heterocycles. The van der Waals surface area contributed by atoms with Gasteiger partial charge in [-0.25, -0.2) is 4.79 Å². The Morgan fingerprint density at radius 2 is 1.54 bits per heavy atom. The van der Waals surface area contributed by atoms with Gasteiger partial charge in [0, 0.05) is 17.7 Å². The number of likely N-dealkylation sites (N-methyl/N-ethyl adjacent to an activating group) is 1. The van der Waals surface area contributed by atoms with Gasteiger partial charge in [-0.15, -0.1) is 0 Å². The monoisotopic (exact) mass is 816 g/mol. The van der Waals surface area contributed by atoms with Gasteiger partial charge in [0.2, 0.25) is 5.91 Å². The molecule has 4 N–H and O–H groups in total. The largest absolute Gasteiger partial charge is 0.542 e. The molecule has 18 heteroatoms. The second kappa shape index (κ2) is 18.8. The second-order valence-corrected chi connectivity index (χ2v) is 15.0. The molecule has 0 saturated carbocycles. The molecule has 1 aliphatic rings. The van der Waals surface area contributed by atoms with Gasteiger partial charge < -0.3 is 49.1 Å². The number of phenols is 1. The van der Waals surface area contributed by atoms with E-state index in [1.165, 1.54) is 48.5 Å². The maximum absolute atomic E-state index is 14.2. The topological polar surface area (TPSA) is 198 Å². The zero-order valence-corrected chi connectivity index (χ0v) is 32.1. The number of piperidine rings is 1. The molecule has 14 nitrogen and oxygen atoms in total. The molecule has 5 rings (SSSR count). The number of aromatic hydroxyl groups is 1. The highest BCUT2D eigenvalue weighted by Gasteiger charge is 2.41. The number of anilines is 1. The van der Waals surface area contributed by atoms with Crippen LogP contribution in [0.25, 0.3) is 0 Å². The number of carboxylic acid groups (broad SMARTS) is 1. The highest BCUT2D eigenvalue weighted by molar-refractivity contribution is 7.87. The Hall–Kier alpha value is -6.01. The highest BCUT2D eigenvalue weighted by atomic mass is 32.2. The summed E-state index contributed by atoms with van der Waals surface area (Å²) in [5, 5.41) is 21.5. The third-order valence-electron chi connectivity index (χ3n) is 9.13. The molecule has 4 aromatic rings. The van der Waals surface area contributed by atoms with Crippen molar-refractivity contribution in [3.8, 4) is 23.0 Å². The number of hydrogen-bond acceptors (Lipinski definition) is 10. The fourth-order valence-corrected chi connectivity index (χ4v) is 7.44. The standard InChI is InChI=1S/C37H42N4O8S.C2HF3O2/c1-41(24-27-13-20-34(47-2)35(23-27)48-3)21-7-8-29(25-41)40(33(36(38)43)22-26-11-16-30(42)17-12-26)37(44)39-28-14-18-31(19-15-28)49-50(45,46)32-9-5-4-6-10-32;3-2(4,5)1(6)7/h4-6,9-20,23,29,33H,7-8,21-22,24-25H2,1-3H3,(H3-,38,39,42,43,44);(H,6,7)/t29-,33-,41?;/m0./s1. The minimum Gasteiger partial charge on any atom is -0.542 e. The number of aliphatic carboxylic acids is 1. The molecule has 0 radical (unpaired) electrons. The van der Waals surface area contributed by atoms with Gasteiger partial charge >= 0.3 is 22.3 Å². The van der Waals surface area contributed by atoms with Crippen LogP contribution < -0.4 is 29.8 Å². The summed E-state index contributed by atoms with van der Waals surface area (Å²) in [6.45, 7) is 2.05. The first-order valence-electron chi connectivity index (χ1n) is 17.4. The van der Waals surface area contributed by atoms with Crippen molar-refractivity contribution in [3.63, 3.8) is 0 Å². The number of nitrogens with one attached hydrogen (secondary N) is 1. The molecular weight excluding hydrogens is 774 g/mol. The highest BCUT2D eigenvalue weighted by Crippen LogP contribution is 2.32. The van der Waals surface area contributed by atoms with Crippen molar-refractivity contribution in [1.82, 2.24) is 4.90 Å². The quantitative estimate of drug-likeness (QED) is 0.130. The third kappa shape index (κ3) is 12.2. The summed E-state index contributed by atoms with van der Waals surface area (Å²) in [6.07, 6.45) is -3.61. The molecule has 1 unspecified atom stereocenters. The lowest BCUT2D eigenvalue weighted by molar-refractivity contribution is -0.928. The van der Waals surface area contributed by atoms with Gasteiger partial charge in [0.25, 0.3) is 0 Å². The number of nitrogens with zero attached hydrogens (tertiary/aromatic N) is 2. The molecule has 4 aromatic carbocycles. The normalized spacial score (nSPS) is 17.2. The van der Waals surface area contributed by atoms with E-state index in [9.17, 15) is 36.3 Å². The summed E-state index contributed by atoms with van der Waals surface area (Å²) in [6, 6.07) is 24.1. The first-order chi connectivity index (χ1) is 26.8. The van der Waals surface area contributed by atoms with Crippen molar-refractivity contribution in [3.05, 3.63) is 108 Å². The molecule has 0 aliphatic carbocycles. The van der Waals surface area contributed by atoms with Crippen molar-refractivity contribution in [2.45, 2.75) is 49.0 Å². The van der Waals surface area contributed by atoms with Crippen LogP contribution in [0.5, 0.6) is 23.0 Å².